The van der Waals surface area contributed by atoms with Gasteiger partial charge in [0.2, 0.25) is 0 Å². The Balaban J connectivity index is 2.17. The summed E-state index contributed by atoms with van der Waals surface area (Å²) in [5, 5.41) is 3.05. The maximum Gasteiger partial charge on any atom is 0.321 e. The lowest BCUT2D eigenvalue weighted by Gasteiger charge is -2.08. The summed E-state index contributed by atoms with van der Waals surface area (Å²) in [5.74, 6) is 0.750. The summed E-state index contributed by atoms with van der Waals surface area (Å²) in [7, 11) is 1.89. The van der Waals surface area contributed by atoms with Crippen LogP contribution in [0.3, 0.4) is 0 Å². The summed E-state index contributed by atoms with van der Waals surface area (Å²) in [5.41, 5.74) is 3.28. The van der Waals surface area contributed by atoms with Crippen molar-refractivity contribution in [3.63, 3.8) is 0 Å². The van der Waals surface area contributed by atoms with Crippen LogP contribution in [0.4, 0.5) is 0 Å². The van der Waals surface area contributed by atoms with Crippen LogP contribution in [0.15, 0.2) is 29.0 Å². The average molecular weight is 322 g/mol. The number of ether oxygens (including phenoxy) is 1. The van der Waals surface area contributed by atoms with Crippen molar-refractivity contribution in [3.8, 4) is 11.8 Å². The molecule has 1 heterocycles. The van der Waals surface area contributed by atoms with Crippen LogP contribution in [0.1, 0.15) is 16.7 Å². The molecule has 0 saturated carbocycles. The summed E-state index contributed by atoms with van der Waals surface area (Å²) < 4.78 is 6.77. The highest BCUT2D eigenvalue weighted by atomic mass is 79.9. The molecule has 1 N–H and O–H groups in total. The number of aromatic nitrogens is 2. The van der Waals surface area contributed by atoms with Gasteiger partial charge in [0.1, 0.15) is 5.75 Å². The predicted molar refractivity (Wildman–Crippen MR) is 78.5 cm³/mol. The van der Waals surface area contributed by atoms with Gasteiger partial charge in [0.25, 0.3) is 0 Å². The highest BCUT2D eigenvalue weighted by Crippen LogP contribution is 2.28. The van der Waals surface area contributed by atoms with Crippen molar-refractivity contribution >= 4 is 15.9 Å². The topological polar surface area (TPSA) is 47.0 Å². The second kappa shape index (κ2) is 6.12. The molecule has 100 valence electrons. The van der Waals surface area contributed by atoms with Crippen molar-refractivity contribution < 1.29 is 4.74 Å². The second-order valence-corrected chi connectivity index (χ2v) is 5.17. The normalized spacial score (nSPS) is 10.5. The van der Waals surface area contributed by atoms with E-state index in [9.17, 15) is 0 Å². The van der Waals surface area contributed by atoms with Crippen LogP contribution in [0.25, 0.3) is 0 Å². The molecule has 5 heteroatoms. The van der Waals surface area contributed by atoms with Crippen molar-refractivity contribution in [2.24, 2.45) is 0 Å². The standard InChI is InChI=1S/C14H16BrN3O/c1-9-4-12(5-10(2)13(9)15)19-14-17-7-11(6-16-3)8-18-14/h4-5,7-8,16H,6H2,1-3H3. The SMILES string of the molecule is CNCc1cnc(Oc2cc(C)c(Br)c(C)c2)nc1. The van der Waals surface area contributed by atoms with Crippen LogP contribution in [0, 0.1) is 13.8 Å². The summed E-state index contributed by atoms with van der Waals surface area (Å²) >= 11 is 3.53. The van der Waals surface area contributed by atoms with Crippen molar-refractivity contribution in [1.29, 1.82) is 0 Å². The van der Waals surface area contributed by atoms with Crippen LogP contribution < -0.4 is 10.1 Å². The number of rotatable bonds is 4. The summed E-state index contributed by atoms with van der Waals surface area (Å²) in [6.07, 6.45) is 3.52. The summed E-state index contributed by atoms with van der Waals surface area (Å²) in [4.78, 5) is 8.38. The van der Waals surface area contributed by atoms with Crippen molar-refractivity contribution in [2.75, 3.05) is 7.05 Å². The zero-order chi connectivity index (χ0) is 13.8. The average Bonchev–Trinajstić information content (AvgIpc) is 2.38. The molecule has 0 aliphatic rings. The van der Waals surface area contributed by atoms with Gasteiger partial charge in [-0.1, -0.05) is 15.9 Å². The van der Waals surface area contributed by atoms with Gasteiger partial charge in [0, 0.05) is 29.0 Å². The van der Waals surface area contributed by atoms with Gasteiger partial charge in [0.05, 0.1) is 0 Å². The van der Waals surface area contributed by atoms with Crippen molar-refractivity contribution in [3.05, 3.63) is 45.7 Å². The van der Waals surface area contributed by atoms with E-state index in [1.807, 2.05) is 33.0 Å². The fraction of sp³-hybridized carbons (Fsp3) is 0.286. The minimum atomic E-state index is 0.362. The molecule has 4 nitrogen and oxygen atoms in total. The van der Waals surface area contributed by atoms with Gasteiger partial charge in [-0.05, 0) is 44.2 Å². The largest absolute Gasteiger partial charge is 0.424 e. The Morgan fingerprint density at radius 2 is 1.74 bits per heavy atom. The molecule has 0 fully saturated rings. The van der Waals surface area contributed by atoms with Crippen molar-refractivity contribution in [1.82, 2.24) is 15.3 Å². The highest BCUT2D eigenvalue weighted by Gasteiger charge is 2.05. The third-order valence-corrected chi connectivity index (χ3v) is 3.93. The van der Waals surface area contributed by atoms with Gasteiger partial charge in [-0.3, -0.25) is 0 Å². The van der Waals surface area contributed by atoms with E-state index in [1.54, 1.807) is 12.4 Å². The lowest BCUT2D eigenvalue weighted by atomic mass is 10.1. The smallest absolute Gasteiger partial charge is 0.321 e. The summed E-state index contributed by atoms with van der Waals surface area (Å²) in [6.45, 7) is 4.80. The van der Waals surface area contributed by atoms with Gasteiger partial charge < -0.3 is 10.1 Å². The van der Waals surface area contributed by atoms with Gasteiger partial charge in [0.15, 0.2) is 0 Å². The minimum Gasteiger partial charge on any atom is -0.424 e. The molecule has 0 atom stereocenters. The monoisotopic (exact) mass is 321 g/mol. The van der Waals surface area contributed by atoms with Gasteiger partial charge in [-0.25, -0.2) is 9.97 Å². The Bertz CT molecular complexity index is 546. The molecule has 0 saturated heterocycles. The molecule has 0 amide bonds. The lowest BCUT2D eigenvalue weighted by molar-refractivity contribution is 0.440. The third kappa shape index (κ3) is 3.52. The van der Waals surface area contributed by atoms with E-state index in [4.69, 9.17) is 4.74 Å². The first-order chi connectivity index (χ1) is 9.10. The number of aryl methyl sites for hydroxylation is 2. The van der Waals surface area contributed by atoms with Crippen LogP contribution in [0.2, 0.25) is 0 Å². The Hall–Kier alpha value is -1.46. The number of nitrogens with one attached hydrogen (secondary N) is 1. The number of hydrogen-bond acceptors (Lipinski definition) is 4. The number of hydrogen-bond donors (Lipinski definition) is 1. The Morgan fingerprint density at radius 1 is 1.16 bits per heavy atom. The van der Waals surface area contributed by atoms with E-state index >= 15 is 0 Å². The Kier molecular flexibility index (Phi) is 4.50. The molecular weight excluding hydrogens is 306 g/mol. The van der Waals surface area contributed by atoms with Gasteiger partial charge in [-0.15, -0.1) is 0 Å². The van der Waals surface area contributed by atoms with Crippen LogP contribution in [-0.4, -0.2) is 17.0 Å². The van der Waals surface area contributed by atoms with E-state index < -0.39 is 0 Å². The van der Waals surface area contributed by atoms with Crippen LogP contribution >= 0.6 is 15.9 Å². The predicted octanol–water partition coefficient (Wildman–Crippen LogP) is 3.37. The van der Waals surface area contributed by atoms with Gasteiger partial charge in [-0.2, -0.15) is 0 Å². The van der Waals surface area contributed by atoms with Crippen molar-refractivity contribution in [2.45, 2.75) is 20.4 Å². The number of halogens is 1. The van der Waals surface area contributed by atoms with E-state index in [0.29, 0.717) is 6.01 Å². The molecule has 0 aliphatic carbocycles. The highest BCUT2D eigenvalue weighted by molar-refractivity contribution is 9.10. The van der Waals surface area contributed by atoms with Crippen LogP contribution in [-0.2, 0) is 6.54 Å². The van der Waals surface area contributed by atoms with Crippen LogP contribution in [0.5, 0.6) is 11.8 Å². The molecule has 0 unspecified atom stereocenters. The molecule has 1 aromatic carbocycles. The molecular formula is C14H16BrN3O. The zero-order valence-corrected chi connectivity index (χ0v) is 12.8. The Morgan fingerprint density at radius 3 is 2.26 bits per heavy atom. The molecule has 0 spiro atoms. The first kappa shape index (κ1) is 14.0. The fourth-order valence-corrected chi connectivity index (χ4v) is 1.99. The fourth-order valence-electron chi connectivity index (χ4n) is 1.76. The molecule has 2 aromatic rings. The van der Waals surface area contributed by atoms with E-state index in [-0.39, 0.29) is 0 Å². The third-order valence-electron chi connectivity index (χ3n) is 2.68. The zero-order valence-electron chi connectivity index (χ0n) is 11.2. The second-order valence-electron chi connectivity index (χ2n) is 4.38. The maximum atomic E-state index is 5.66. The minimum absolute atomic E-state index is 0.362. The van der Waals surface area contributed by atoms with E-state index in [2.05, 4.69) is 31.2 Å². The quantitative estimate of drug-likeness (QED) is 0.937. The van der Waals surface area contributed by atoms with Gasteiger partial charge >= 0.3 is 6.01 Å². The first-order valence-corrected chi connectivity index (χ1v) is 6.79. The number of nitrogens with zero attached hydrogens (tertiary/aromatic N) is 2. The van der Waals surface area contributed by atoms with E-state index in [0.717, 1.165) is 33.5 Å². The van der Waals surface area contributed by atoms with E-state index in [1.165, 1.54) is 0 Å². The Labute approximate surface area is 121 Å². The first-order valence-electron chi connectivity index (χ1n) is 6.00. The summed E-state index contributed by atoms with van der Waals surface area (Å²) in [6, 6.07) is 4.28. The molecule has 0 bridgehead atoms. The molecule has 1 aromatic heterocycles. The molecule has 2 rings (SSSR count). The molecule has 19 heavy (non-hydrogen) atoms. The molecule has 0 aliphatic heterocycles. The molecule has 0 radical (unpaired) electrons. The number of benzene rings is 1. The maximum absolute atomic E-state index is 5.66. The lowest BCUT2D eigenvalue weighted by Crippen LogP contribution is -2.06.